The molecule has 7 heteroatoms. The fraction of sp³-hybridized carbons (Fsp3) is 0. The van der Waals surface area contributed by atoms with Gasteiger partial charge in [0, 0.05) is 5.38 Å². The Hall–Kier alpha value is -0.960. The zero-order valence-electron chi connectivity index (χ0n) is 6.60. The van der Waals surface area contributed by atoms with Crippen LogP contribution in [0.2, 0.25) is 0 Å². The Bertz CT molecular complexity index is 479. The van der Waals surface area contributed by atoms with Gasteiger partial charge >= 0.3 is 11.9 Å². The van der Waals surface area contributed by atoms with Crippen LogP contribution >= 0.6 is 33.9 Å². The Balaban J connectivity index is 2.38. The molecule has 0 aromatic carbocycles. The first-order valence-corrected chi connectivity index (χ1v) is 5.44. The van der Waals surface area contributed by atoms with E-state index in [1.807, 2.05) is 11.4 Å². The molecule has 0 aliphatic heterocycles. The summed E-state index contributed by atoms with van der Waals surface area (Å²) in [6.07, 6.45) is 0. The highest BCUT2D eigenvalue weighted by molar-refractivity contribution is 14.1. The number of carboxylic acid groups (broad SMARTS) is 1. The van der Waals surface area contributed by atoms with Gasteiger partial charge in [0.15, 0.2) is 0 Å². The lowest BCUT2D eigenvalue weighted by molar-refractivity contribution is 0.0654. The highest BCUT2D eigenvalue weighted by atomic mass is 127. The first-order valence-electron chi connectivity index (χ1n) is 3.48. The van der Waals surface area contributed by atoms with Gasteiger partial charge < -0.3 is 9.52 Å². The van der Waals surface area contributed by atoms with Gasteiger partial charge in [-0.05, 0) is 28.7 Å². The number of carbonyl (C=O) groups is 1. The Morgan fingerprint density at radius 3 is 2.86 bits per heavy atom. The van der Waals surface area contributed by atoms with Crippen LogP contribution in [-0.2, 0) is 0 Å². The normalized spacial score (nSPS) is 10.4. The smallest absolute Gasteiger partial charge is 0.393 e. The van der Waals surface area contributed by atoms with E-state index in [1.54, 1.807) is 0 Å². The lowest BCUT2D eigenvalue weighted by Crippen LogP contribution is -1.95. The van der Waals surface area contributed by atoms with Crippen molar-refractivity contribution in [2.24, 2.45) is 0 Å². The summed E-state index contributed by atoms with van der Waals surface area (Å²) in [4.78, 5) is 10.5. The van der Waals surface area contributed by atoms with Crippen molar-refractivity contribution >= 4 is 39.9 Å². The second kappa shape index (κ2) is 3.65. The predicted octanol–water partition coefficient (Wildman–Crippen LogP) is 2.10. The lowest BCUT2D eigenvalue weighted by atomic mass is 10.3. The Labute approximate surface area is 95.9 Å². The maximum Gasteiger partial charge on any atom is 0.393 e. The number of halogens is 1. The first kappa shape index (κ1) is 9.59. The van der Waals surface area contributed by atoms with Crippen LogP contribution in [0.15, 0.2) is 15.9 Å². The van der Waals surface area contributed by atoms with E-state index in [0.29, 0.717) is 0 Å². The van der Waals surface area contributed by atoms with Gasteiger partial charge in [0.1, 0.15) is 0 Å². The number of rotatable bonds is 2. The van der Waals surface area contributed by atoms with Gasteiger partial charge in [0.25, 0.3) is 0 Å². The van der Waals surface area contributed by atoms with Crippen molar-refractivity contribution in [2.45, 2.75) is 0 Å². The minimum Gasteiger partial charge on any atom is -0.474 e. The Kier molecular flexibility index (Phi) is 2.50. The Morgan fingerprint density at radius 1 is 1.57 bits per heavy atom. The standard InChI is InChI=1S/C7H3IN2O3S/c8-4-1-3(2-14-4)5-9-10-6(13-5)7(11)12/h1-2H,(H,11,12). The molecule has 0 saturated heterocycles. The summed E-state index contributed by atoms with van der Waals surface area (Å²) in [7, 11) is 0. The van der Waals surface area contributed by atoms with Gasteiger partial charge in [-0.3, -0.25) is 0 Å². The van der Waals surface area contributed by atoms with E-state index in [1.165, 1.54) is 11.3 Å². The summed E-state index contributed by atoms with van der Waals surface area (Å²) >= 11 is 3.69. The van der Waals surface area contributed by atoms with Crippen LogP contribution in [0, 0.1) is 2.88 Å². The Morgan fingerprint density at radius 2 is 2.36 bits per heavy atom. The van der Waals surface area contributed by atoms with Gasteiger partial charge in [0.2, 0.25) is 5.89 Å². The van der Waals surface area contributed by atoms with Crippen molar-refractivity contribution in [3.8, 4) is 11.5 Å². The molecular weight excluding hydrogens is 319 g/mol. The van der Waals surface area contributed by atoms with Gasteiger partial charge in [-0.2, -0.15) is 0 Å². The number of carboxylic acids is 1. The molecule has 0 unspecified atom stereocenters. The van der Waals surface area contributed by atoms with Gasteiger partial charge in [-0.1, -0.05) is 0 Å². The number of hydrogen-bond donors (Lipinski definition) is 1. The van der Waals surface area contributed by atoms with Gasteiger partial charge in [0.05, 0.1) is 8.45 Å². The van der Waals surface area contributed by atoms with E-state index in [4.69, 9.17) is 9.52 Å². The highest BCUT2D eigenvalue weighted by Crippen LogP contribution is 2.25. The number of aromatic carboxylic acids is 1. The van der Waals surface area contributed by atoms with E-state index in [9.17, 15) is 4.79 Å². The van der Waals surface area contributed by atoms with Crippen LogP contribution < -0.4 is 0 Å². The maximum absolute atomic E-state index is 10.5. The van der Waals surface area contributed by atoms with Crippen molar-refractivity contribution < 1.29 is 14.3 Å². The van der Waals surface area contributed by atoms with Crippen LogP contribution in [-0.4, -0.2) is 21.3 Å². The van der Waals surface area contributed by atoms with Crippen LogP contribution in [0.25, 0.3) is 11.5 Å². The quantitative estimate of drug-likeness (QED) is 0.857. The average Bonchev–Trinajstić information content (AvgIpc) is 2.70. The third-order valence-corrected chi connectivity index (χ3v) is 3.21. The summed E-state index contributed by atoms with van der Waals surface area (Å²) in [5, 5.41) is 17.4. The molecule has 2 heterocycles. The zero-order chi connectivity index (χ0) is 10.1. The van der Waals surface area contributed by atoms with Gasteiger partial charge in [-0.15, -0.1) is 21.5 Å². The van der Waals surface area contributed by atoms with Crippen molar-refractivity contribution in [1.29, 1.82) is 0 Å². The molecule has 0 amide bonds. The molecule has 2 aromatic heterocycles. The van der Waals surface area contributed by atoms with Crippen molar-refractivity contribution in [3.05, 3.63) is 20.2 Å². The van der Waals surface area contributed by atoms with Crippen LogP contribution in [0.1, 0.15) is 10.7 Å². The number of nitrogens with zero attached hydrogens (tertiary/aromatic N) is 2. The van der Waals surface area contributed by atoms with Crippen LogP contribution in [0.4, 0.5) is 0 Å². The molecule has 14 heavy (non-hydrogen) atoms. The average molecular weight is 322 g/mol. The molecule has 2 rings (SSSR count). The zero-order valence-corrected chi connectivity index (χ0v) is 9.57. The van der Waals surface area contributed by atoms with E-state index < -0.39 is 5.97 Å². The second-order valence-electron chi connectivity index (χ2n) is 2.36. The minimum absolute atomic E-state index is 0.238. The van der Waals surface area contributed by atoms with Crippen molar-refractivity contribution in [1.82, 2.24) is 10.2 Å². The second-order valence-corrected chi connectivity index (χ2v) is 5.16. The lowest BCUT2D eigenvalue weighted by Gasteiger charge is -1.84. The first-order chi connectivity index (χ1) is 6.66. The van der Waals surface area contributed by atoms with Crippen LogP contribution in [0.3, 0.4) is 0 Å². The SMILES string of the molecule is O=C(O)c1nnc(-c2csc(I)c2)o1. The molecule has 0 aliphatic carbocycles. The summed E-state index contributed by atoms with van der Waals surface area (Å²) in [6.45, 7) is 0. The summed E-state index contributed by atoms with van der Waals surface area (Å²) in [5.41, 5.74) is 0.749. The molecule has 0 bridgehead atoms. The highest BCUT2D eigenvalue weighted by Gasteiger charge is 2.14. The van der Waals surface area contributed by atoms with Crippen molar-refractivity contribution in [2.75, 3.05) is 0 Å². The van der Waals surface area contributed by atoms with Crippen LogP contribution in [0.5, 0.6) is 0 Å². The molecule has 1 N–H and O–H groups in total. The molecule has 2 aromatic rings. The molecule has 5 nitrogen and oxygen atoms in total. The van der Waals surface area contributed by atoms with E-state index in [-0.39, 0.29) is 11.8 Å². The summed E-state index contributed by atoms with van der Waals surface area (Å²) in [6, 6.07) is 1.85. The van der Waals surface area contributed by atoms with E-state index >= 15 is 0 Å². The summed E-state index contributed by atoms with van der Waals surface area (Å²) in [5.74, 6) is -1.36. The molecule has 72 valence electrons. The van der Waals surface area contributed by atoms with E-state index in [0.717, 1.165) is 8.45 Å². The van der Waals surface area contributed by atoms with Crippen molar-refractivity contribution in [3.63, 3.8) is 0 Å². The largest absolute Gasteiger partial charge is 0.474 e. The molecule has 0 radical (unpaired) electrons. The fourth-order valence-corrected chi connectivity index (χ4v) is 2.17. The number of aromatic nitrogens is 2. The monoisotopic (exact) mass is 322 g/mol. The third-order valence-electron chi connectivity index (χ3n) is 1.42. The third kappa shape index (κ3) is 1.77. The molecule has 0 spiro atoms. The molecule has 0 atom stereocenters. The molecule has 0 saturated carbocycles. The predicted molar refractivity (Wildman–Crippen MR) is 57.3 cm³/mol. The minimum atomic E-state index is -1.21. The molecule has 0 aliphatic rings. The summed E-state index contributed by atoms with van der Waals surface area (Å²) < 4.78 is 6.00. The van der Waals surface area contributed by atoms with Gasteiger partial charge in [-0.25, -0.2) is 4.79 Å². The number of hydrogen-bond acceptors (Lipinski definition) is 5. The topological polar surface area (TPSA) is 76.2 Å². The molecule has 0 fully saturated rings. The molecular formula is C7H3IN2O3S. The maximum atomic E-state index is 10.5. The number of thiophene rings is 1. The fourth-order valence-electron chi connectivity index (χ4n) is 0.849. The van der Waals surface area contributed by atoms with E-state index in [2.05, 4.69) is 32.8 Å².